The van der Waals surface area contributed by atoms with Gasteiger partial charge in [0.2, 0.25) is 0 Å². The Morgan fingerprint density at radius 1 is 1.17 bits per heavy atom. The lowest BCUT2D eigenvalue weighted by molar-refractivity contribution is 0.834. The van der Waals surface area contributed by atoms with Gasteiger partial charge >= 0.3 is 0 Å². The average molecular weight is 338 g/mol. The first-order valence-corrected chi connectivity index (χ1v) is 8.67. The van der Waals surface area contributed by atoms with Crippen LogP contribution in [0.2, 0.25) is 5.02 Å². The van der Waals surface area contributed by atoms with Gasteiger partial charge in [0.1, 0.15) is 5.82 Å². The van der Waals surface area contributed by atoms with E-state index in [2.05, 4.69) is 48.1 Å². The largest absolute Gasteiger partial charge is 0.369 e. The maximum Gasteiger partial charge on any atom is 0.133 e. The summed E-state index contributed by atoms with van der Waals surface area (Å²) in [6, 6.07) is 14.5. The van der Waals surface area contributed by atoms with E-state index in [0.717, 1.165) is 47.2 Å². The summed E-state index contributed by atoms with van der Waals surface area (Å²) in [6.45, 7) is 5.21. The highest BCUT2D eigenvalue weighted by molar-refractivity contribution is 6.31. The molecular formula is C20H20ClN3. The van der Waals surface area contributed by atoms with Gasteiger partial charge in [0, 0.05) is 23.6 Å². The number of halogens is 1. The van der Waals surface area contributed by atoms with Crippen molar-refractivity contribution in [3.63, 3.8) is 0 Å². The molecule has 122 valence electrons. The Balaban J connectivity index is 1.81. The molecule has 0 radical (unpaired) electrons. The lowest BCUT2D eigenvalue weighted by Gasteiger charge is -2.10. The predicted octanol–water partition coefficient (Wildman–Crippen LogP) is 4.70. The van der Waals surface area contributed by atoms with Crippen LogP contribution in [0.15, 0.2) is 42.5 Å². The van der Waals surface area contributed by atoms with Gasteiger partial charge in [-0.1, -0.05) is 41.9 Å². The standard InChI is InChI=1S/C20H20ClN3/c1-13-7-8-14(2)19(11-13)24-20-16(9-10-22-20)18(23-24)12-15-5-3-4-6-17(15)21/h3-8,11,22H,9-10,12H2,1-2H3. The number of aromatic nitrogens is 2. The molecule has 0 atom stereocenters. The van der Waals surface area contributed by atoms with Gasteiger partial charge in [0.25, 0.3) is 0 Å². The molecule has 0 saturated carbocycles. The second-order valence-corrected chi connectivity index (χ2v) is 6.83. The number of rotatable bonds is 3. The van der Waals surface area contributed by atoms with E-state index < -0.39 is 0 Å². The van der Waals surface area contributed by atoms with Crippen LogP contribution in [0.1, 0.15) is 27.9 Å². The highest BCUT2D eigenvalue weighted by atomic mass is 35.5. The number of nitrogens with one attached hydrogen (secondary N) is 1. The molecule has 0 spiro atoms. The van der Waals surface area contributed by atoms with Crippen molar-refractivity contribution >= 4 is 17.4 Å². The predicted molar refractivity (Wildman–Crippen MR) is 99.5 cm³/mol. The minimum Gasteiger partial charge on any atom is -0.369 e. The minimum absolute atomic E-state index is 0.765. The summed E-state index contributed by atoms with van der Waals surface area (Å²) in [5.41, 5.74) is 7.17. The number of hydrogen-bond donors (Lipinski definition) is 1. The lowest BCUT2D eigenvalue weighted by Crippen LogP contribution is -2.06. The second-order valence-electron chi connectivity index (χ2n) is 6.42. The van der Waals surface area contributed by atoms with Crippen LogP contribution in [0.3, 0.4) is 0 Å². The fourth-order valence-electron chi connectivity index (χ4n) is 3.33. The van der Waals surface area contributed by atoms with Gasteiger partial charge in [-0.25, -0.2) is 4.68 Å². The number of fused-ring (bicyclic) bond motifs is 1. The van der Waals surface area contributed by atoms with Crippen molar-refractivity contribution in [3.8, 4) is 5.69 Å². The van der Waals surface area contributed by atoms with Crippen LogP contribution in [-0.4, -0.2) is 16.3 Å². The molecule has 24 heavy (non-hydrogen) atoms. The topological polar surface area (TPSA) is 29.9 Å². The summed E-state index contributed by atoms with van der Waals surface area (Å²) in [5, 5.41) is 9.24. The first-order chi connectivity index (χ1) is 11.6. The quantitative estimate of drug-likeness (QED) is 0.750. The Morgan fingerprint density at radius 3 is 2.83 bits per heavy atom. The zero-order valence-corrected chi connectivity index (χ0v) is 14.7. The van der Waals surface area contributed by atoms with Crippen LogP contribution in [0.25, 0.3) is 5.69 Å². The number of anilines is 1. The molecule has 1 aromatic heterocycles. The van der Waals surface area contributed by atoms with Gasteiger partial charge in [0.05, 0.1) is 11.4 Å². The van der Waals surface area contributed by atoms with Crippen molar-refractivity contribution in [2.45, 2.75) is 26.7 Å². The molecule has 4 rings (SSSR count). The van der Waals surface area contributed by atoms with Gasteiger partial charge in [-0.05, 0) is 49.1 Å². The second kappa shape index (κ2) is 5.99. The van der Waals surface area contributed by atoms with Gasteiger partial charge < -0.3 is 5.32 Å². The van der Waals surface area contributed by atoms with Crippen LogP contribution >= 0.6 is 11.6 Å². The van der Waals surface area contributed by atoms with Gasteiger partial charge in [0.15, 0.2) is 0 Å². The molecule has 2 heterocycles. The summed E-state index contributed by atoms with van der Waals surface area (Å²) in [5.74, 6) is 1.13. The Morgan fingerprint density at radius 2 is 2.00 bits per heavy atom. The highest BCUT2D eigenvalue weighted by Crippen LogP contribution is 2.32. The van der Waals surface area contributed by atoms with E-state index in [1.165, 1.54) is 16.7 Å². The third-order valence-electron chi connectivity index (χ3n) is 4.64. The van der Waals surface area contributed by atoms with E-state index in [0.29, 0.717) is 0 Å². The van der Waals surface area contributed by atoms with Crippen LogP contribution in [0.5, 0.6) is 0 Å². The third kappa shape index (κ3) is 2.59. The molecule has 0 fully saturated rings. The van der Waals surface area contributed by atoms with Crippen molar-refractivity contribution in [1.29, 1.82) is 0 Å². The highest BCUT2D eigenvalue weighted by Gasteiger charge is 2.24. The van der Waals surface area contributed by atoms with Gasteiger partial charge in [-0.3, -0.25) is 0 Å². The number of nitrogens with zero attached hydrogens (tertiary/aromatic N) is 2. The Kier molecular flexibility index (Phi) is 3.81. The fourth-order valence-corrected chi connectivity index (χ4v) is 3.53. The number of benzene rings is 2. The summed E-state index contributed by atoms with van der Waals surface area (Å²) in [4.78, 5) is 0. The van der Waals surface area contributed by atoms with E-state index in [1.54, 1.807) is 0 Å². The molecule has 1 N–H and O–H groups in total. The fraction of sp³-hybridized carbons (Fsp3) is 0.250. The molecule has 0 bridgehead atoms. The van der Waals surface area contributed by atoms with Gasteiger partial charge in [-0.2, -0.15) is 5.10 Å². The zero-order valence-electron chi connectivity index (χ0n) is 13.9. The number of hydrogen-bond acceptors (Lipinski definition) is 2. The first kappa shape index (κ1) is 15.3. The van der Waals surface area contributed by atoms with E-state index >= 15 is 0 Å². The van der Waals surface area contributed by atoms with Crippen LogP contribution in [0, 0.1) is 13.8 Å². The normalized spacial score (nSPS) is 13.0. The monoisotopic (exact) mass is 337 g/mol. The molecule has 0 saturated heterocycles. The smallest absolute Gasteiger partial charge is 0.133 e. The molecule has 1 aliphatic heterocycles. The van der Waals surface area contributed by atoms with Crippen molar-refractivity contribution in [2.75, 3.05) is 11.9 Å². The Bertz CT molecular complexity index is 911. The minimum atomic E-state index is 0.765. The van der Waals surface area contributed by atoms with Crippen molar-refractivity contribution in [3.05, 3.63) is 75.4 Å². The molecule has 3 nitrogen and oxygen atoms in total. The average Bonchev–Trinajstić information content (AvgIpc) is 3.16. The zero-order chi connectivity index (χ0) is 16.7. The maximum atomic E-state index is 6.34. The molecule has 2 aromatic carbocycles. The third-order valence-corrected chi connectivity index (χ3v) is 5.01. The summed E-state index contributed by atoms with van der Waals surface area (Å²) < 4.78 is 2.07. The molecule has 0 unspecified atom stereocenters. The van der Waals surface area contributed by atoms with Crippen LogP contribution in [-0.2, 0) is 12.8 Å². The van der Waals surface area contributed by atoms with Crippen molar-refractivity contribution in [2.24, 2.45) is 0 Å². The summed E-state index contributed by atoms with van der Waals surface area (Å²) in [7, 11) is 0. The summed E-state index contributed by atoms with van der Waals surface area (Å²) in [6.07, 6.45) is 1.78. The van der Waals surface area contributed by atoms with Crippen LogP contribution in [0.4, 0.5) is 5.82 Å². The van der Waals surface area contributed by atoms with Crippen molar-refractivity contribution < 1.29 is 0 Å². The van der Waals surface area contributed by atoms with E-state index in [1.807, 2.05) is 18.2 Å². The Labute approximate surface area is 147 Å². The molecule has 0 amide bonds. The first-order valence-electron chi connectivity index (χ1n) is 8.29. The molecule has 0 aliphatic carbocycles. The maximum absolute atomic E-state index is 6.34. The SMILES string of the molecule is Cc1ccc(C)c(-n2nc(Cc3ccccc3Cl)c3c2NCC3)c1. The van der Waals surface area contributed by atoms with E-state index in [-0.39, 0.29) is 0 Å². The van der Waals surface area contributed by atoms with E-state index in [9.17, 15) is 0 Å². The van der Waals surface area contributed by atoms with Crippen LogP contribution < -0.4 is 5.32 Å². The summed E-state index contributed by atoms with van der Waals surface area (Å²) >= 11 is 6.34. The van der Waals surface area contributed by atoms with Gasteiger partial charge in [-0.15, -0.1) is 0 Å². The number of aryl methyl sites for hydroxylation is 2. The Hall–Kier alpha value is -2.26. The molecular weight excluding hydrogens is 318 g/mol. The molecule has 3 aromatic rings. The van der Waals surface area contributed by atoms with E-state index in [4.69, 9.17) is 16.7 Å². The molecule has 1 aliphatic rings. The van der Waals surface area contributed by atoms with Crippen molar-refractivity contribution in [1.82, 2.24) is 9.78 Å². The lowest BCUT2D eigenvalue weighted by atomic mass is 10.1. The molecule has 4 heteroatoms.